The maximum atomic E-state index is 8.66. The highest BCUT2D eigenvalue weighted by molar-refractivity contribution is 9.10. The highest BCUT2D eigenvalue weighted by Crippen LogP contribution is 2.25. The Morgan fingerprint density at radius 1 is 1.20 bits per heavy atom. The van der Waals surface area contributed by atoms with Gasteiger partial charge in [0.25, 0.3) is 0 Å². The molecule has 0 bridgehead atoms. The number of hydrogen-bond donors (Lipinski definition) is 1. The first kappa shape index (κ1) is 15.2. The second-order valence-corrected chi connectivity index (χ2v) is 5.71. The molecule has 0 heterocycles. The Kier molecular flexibility index (Phi) is 5.29. The lowest BCUT2D eigenvalue weighted by Crippen LogP contribution is -1.99. The van der Waals surface area contributed by atoms with Crippen LogP contribution in [-0.4, -0.2) is 11.4 Å². The summed E-state index contributed by atoms with van der Waals surface area (Å²) in [7, 11) is 0. The number of ether oxygens (including phenoxy) is 1. The zero-order valence-electron chi connectivity index (χ0n) is 10.2. The Morgan fingerprint density at radius 2 is 2.00 bits per heavy atom. The van der Waals surface area contributed by atoms with Gasteiger partial charge in [0.15, 0.2) is 0 Å². The number of rotatable bonds is 4. The first-order chi connectivity index (χ1) is 9.60. The monoisotopic (exact) mass is 373 g/mol. The van der Waals surface area contributed by atoms with Crippen molar-refractivity contribution in [3.63, 3.8) is 0 Å². The van der Waals surface area contributed by atoms with Crippen LogP contribution in [0.1, 0.15) is 11.1 Å². The standard InChI is InChI=1S/C14H10BrCl2NO2/c15-11-2-4-14(10(5-11)7-18-19)20-8-9-1-3-12(16)6-13(9)17/h1-7,19H,8H2/b18-7+. The molecular formula is C14H10BrCl2NO2. The molecule has 1 N–H and O–H groups in total. The van der Waals surface area contributed by atoms with Gasteiger partial charge < -0.3 is 9.94 Å². The predicted molar refractivity (Wildman–Crippen MR) is 84.3 cm³/mol. The normalized spacial score (nSPS) is 10.9. The molecule has 3 nitrogen and oxygen atoms in total. The Hall–Kier alpha value is -1.23. The highest BCUT2D eigenvalue weighted by Gasteiger charge is 2.06. The van der Waals surface area contributed by atoms with Gasteiger partial charge in [0.1, 0.15) is 12.4 Å². The van der Waals surface area contributed by atoms with E-state index in [2.05, 4.69) is 21.1 Å². The van der Waals surface area contributed by atoms with Crippen molar-refractivity contribution in [3.8, 4) is 5.75 Å². The van der Waals surface area contributed by atoms with Crippen LogP contribution in [0.3, 0.4) is 0 Å². The average molecular weight is 375 g/mol. The molecule has 0 unspecified atom stereocenters. The second-order valence-electron chi connectivity index (χ2n) is 3.95. The zero-order chi connectivity index (χ0) is 14.5. The van der Waals surface area contributed by atoms with Gasteiger partial charge in [0.05, 0.1) is 6.21 Å². The first-order valence-corrected chi connectivity index (χ1v) is 7.19. The number of nitrogens with zero attached hydrogens (tertiary/aromatic N) is 1. The summed E-state index contributed by atoms with van der Waals surface area (Å²) >= 11 is 15.3. The molecule has 20 heavy (non-hydrogen) atoms. The van der Waals surface area contributed by atoms with Crippen molar-refractivity contribution in [3.05, 3.63) is 62.0 Å². The Bertz CT molecular complexity index is 647. The van der Waals surface area contributed by atoms with Gasteiger partial charge >= 0.3 is 0 Å². The molecular weight excluding hydrogens is 365 g/mol. The van der Waals surface area contributed by atoms with Crippen LogP contribution in [0.5, 0.6) is 5.75 Å². The molecule has 6 heteroatoms. The van der Waals surface area contributed by atoms with Crippen LogP contribution in [0.25, 0.3) is 0 Å². The molecule has 0 aromatic heterocycles. The topological polar surface area (TPSA) is 41.8 Å². The van der Waals surface area contributed by atoms with Crippen LogP contribution in [0.15, 0.2) is 46.0 Å². The third kappa shape index (κ3) is 3.88. The SMILES string of the molecule is O/N=C/c1cc(Br)ccc1OCc1ccc(Cl)cc1Cl. The number of benzene rings is 2. The average Bonchev–Trinajstić information content (AvgIpc) is 2.40. The molecule has 0 aliphatic rings. The minimum Gasteiger partial charge on any atom is -0.488 e. The molecule has 0 spiro atoms. The summed E-state index contributed by atoms with van der Waals surface area (Å²) < 4.78 is 6.57. The van der Waals surface area contributed by atoms with Crippen molar-refractivity contribution in [1.82, 2.24) is 0 Å². The molecule has 0 radical (unpaired) electrons. The maximum Gasteiger partial charge on any atom is 0.128 e. The van der Waals surface area contributed by atoms with Crippen LogP contribution in [-0.2, 0) is 6.61 Å². The Morgan fingerprint density at radius 3 is 2.70 bits per heavy atom. The summed E-state index contributed by atoms with van der Waals surface area (Å²) in [5.74, 6) is 0.594. The van der Waals surface area contributed by atoms with Gasteiger partial charge in [0.2, 0.25) is 0 Å². The molecule has 2 rings (SSSR count). The fourth-order valence-electron chi connectivity index (χ4n) is 1.61. The van der Waals surface area contributed by atoms with Crippen LogP contribution in [0.2, 0.25) is 10.0 Å². The van der Waals surface area contributed by atoms with Gasteiger partial charge in [-0.15, -0.1) is 0 Å². The minimum absolute atomic E-state index is 0.296. The van der Waals surface area contributed by atoms with Crippen molar-refractivity contribution in [2.75, 3.05) is 0 Å². The lowest BCUT2D eigenvalue weighted by Gasteiger charge is -2.10. The van der Waals surface area contributed by atoms with Gasteiger partial charge in [-0.1, -0.05) is 50.4 Å². The summed E-state index contributed by atoms with van der Waals surface area (Å²) in [6.07, 6.45) is 1.31. The van der Waals surface area contributed by atoms with Gasteiger partial charge in [-0.3, -0.25) is 0 Å². The molecule has 0 aliphatic carbocycles. The van der Waals surface area contributed by atoms with E-state index < -0.39 is 0 Å². The highest BCUT2D eigenvalue weighted by atomic mass is 79.9. The van der Waals surface area contributed by atoms with Crippen LogP contribution in [0.4, 0.5) is 0 Å². The minimum atomic E-state index is 0.296. The molecule has 104 valence electrons. The quantitative estimate of drug-likeness (QED) is 0.457. The molecule has 2 aromatic rings. The Labute approximate surface area is 134 Å². The molecule has 2 aromatic carbocycles. The van der Waals surface area contributed by atoms with Crippen LogP contribution < -0.4 is 4.74 Å². The summed E-state index contributed by atoms with van der Waals surface area (Å²) in [5.41, 5.74) is 1.48. The van der Waals surface area contributed by atoms with E-state index in [1.807, 2.05) is 12.1 Å². The van der Waals surface area contributed by atoms with Gasteiger partial charge in [-0.25, -0.2) is 0 Å². The van der Waals surface area contributed by atoms with Gasteiger partial charge in [0, 0.05) is 25.6 Å². The third-order valence-electron chi connectivity index (χ3n) is 2.57. The molecule has 0 saturated heterocycles. The molecule has 0 fully saturated rings. The molecule has 0 amide bonds. The van der Waals surface area contributed by atoms with E-state index in [1.54, 1.807) is 24.3 Å². The number of hydrogen-bond acceptors (Lipinski definition) is 3. The second kappa shape index (κ2) is 6.97. The summed E-state index contributed by atoms with van der Waals surface area (Å²) in [5, 5.41) is 12.8. The fraction of sp³-hybridized carbons (Fsp3) is 0.0714. The summed E-state index contributed by atoms with van der Waals surface area (Å²) in [4.78, 5) is 0. The molecule has 0 atom stereocenters. The number of oxime groups is 1. The van der Waals surface area contributed by atoms with Crippen LogP contribution >= 0.6 is 39.1 Å². The van der Waals surface area contributed by atoms with E-state index >= 15 is 0 Å². The lowest BCUT2D eigenvalue weighted by molar-refractivity contribution is 0.304. The summed E-state index contributed by atoms with van der Waals surface area (Å²) in [6, 6.07) is 10.6. The molecule has 0 saturated carbocycles. The van der Waals surface area contributed by atoms with Crippen LogP contribution in [0, 0.1) is 0 Å². The number of halogens is 3. The maximum absolute atomic E-state index is 8.66. The van der Waals surface area contributed by atoms with Crippen molar-refractivity contribution in [2.45, 2.75) is 6.61 Å². The van der Waals surface area contributed by atoms with E-state index in [9.17, 15) is 0 Å². The van der Waals surface area contributed by atoms with E-state index in [-0.39, 0.29) is 0 Å². The van der Waals surface area contributed by atoms with Crippen molar-refractivity contribution in [2.24, 2.45) is 5.16 Å². The zero-order valence-corrected chi connectivity index (χ0v) is 13.3. The lowest BCUT2D eigenvalue weighted by atomic mass is 10.2. The largest absolute Gasteiger partial charge is 0.488 e. The van der Waals surface area contributed by atoms with E-state index in [1.165, 1.54) is 6.21 Å². The first-order valence-electron chi connectivity index (χ1n) is 5.64. The van der Waals surface area contributed by atoms with Crippen molar-refractivity contribution in [1.29, 1.82) is 0 Å². The Balaban J connectivity index is 2.18. The summed E-state index contributed by atoms with van der Waals surface area (Å²) in [6.45, 7) is 0.296. The van der Waals surface area contributed by atoms with Gasteiger partial charge in [-0.05, 0) is 30.3 Å². The smallest absolute Gasteiger partial charge is 0.128 e. The fourth-order valence-corrected chi connectivity index (χ4v) is 2.45. The van der Waals surface area contributed by atoms with E-state index in [4.69, 9.17) is 33.1 Å². The van der Waals surface area contributed by atoms with E-state index in [0.717, 1.165) is 10.0 Å². The predicted octanol–water partition coefficient (Wildman–Crippen LogP) is 5.14. The van der Waals surface area contributed by atoms with Gasteiger partial charge in [-0.2, -0.15) is 0 Å². The van der Waals surface area contributed by atoms with Crippen molar-refractivity contribution >= 4 is 45.3 Å². The van der Waals surface area contributed by atoms with Crippen molar-refractivity contribution < 1.29 is 9.94 Å². The molecule has 0 aliphatic heterocycles. The van der Waals surface area contributed by atoms with E-state index in [0.29, 0.717) is 28.0 Å². The third-order valence-corrected chi connectivity index (χ3v) is 3.65.